The summed E-state index contributed by atoms with van der Waals surface area (Å²) < 4.78 is 12.9. The monoisotopic (exact) mass is 190 g/mol. The third-order valence-corrected chi connectivity index (χ3v) is 2.27. The third kappa shape index (κ3) is 1.75. The van der Waals surface area contributed by atoms with E-state index in [2.05, 4.69) is 0 Å². The lowest BCUT2D eigenvalue weighted by molar-refractivity contribution is 0.299. The number of benzene rings is 2. The van der Waals surface area contributed by atoms with Crippen LogP contribution < -0.4 is 0 Å². The smallest absolute Gasteiger partial charge is 0.123 e. The molecule has 0 aliphatic rings. The second kappa shape index (κ2) is 3.76. The van der Waals surface area contributed by atoms with E-state index in [4.69, 9.17) is 5.11 Å². The van der Waals surface area contributed by atoms with Crippen molar-refractivity contribution in [1.29, 1.82) is 0 Å². The van der Waals surface area contributed by atoms with Gasteiger partial charge in [0.15, 0.2) is 0 Å². The van der Waals surface area contributed by atoms with Gasteiger partial charge in [0, 0.05) is 6.61 Å². The zero-order chi connectivity index (χ0) is 9.97. The van der Waals surface area contributed by atoms with Crippen LogP contribution in [-0.4, -0.2) is 11.7 Å². The molecule has 0 unspecified atom stereocenters. The van der Waals surface area contributed by atoms with Crippen LogP contribution in [0.25, 0.3) is 10.8 Å². The molecule has 1 N–H and O–H groups in total. The molecule has 2 aromatic carbocycles. The largest absolute Gasteiger partial charge is 0.396 e. The Kier molecular flexibility index (Phi) is 2.46. The fraction of sp³-hybridized carbons (Fsp3) is 0.167. The Bertz CT molecular complexity index is 451. The van der Waals surface area contributed by atoms with Crippen molar-refractivity contribution >= 4 is 10.8 Å². The molecule has 14 heavy (non-hydrogen) atoms. The van der Waals surface area contributed by atoms with Crippen molar-refractivity contribution in [3.8, 4) is 0 Å². The first-order chi connectivity index (χ1) is 6.79. The summed E-state index contributed by atoms with van der Waals surface area (Å²) >= 11 is 0. The molecule has 2 aromatic rings. The molecule has 0 aliphatic heterocycles. The topological polar surface area (TPSA) is 20.2 Å². The van der Waals surface area contributed by atoms with E-state index in [1.165, 1.54) is 12.1 Å². The molecule has 0 aromatic heterocycles. The number of aliphatic hydroxyl groups excluding tert-OH is 1. The number of halogens is 1. The number of rotatable bonds is 2. The number of hydrogen-bond acceptors (Lipinski definition) is 1. The highest BCUT2D eigenvalue weighted by Gasteiger charge is 1.97. The molecule has 0 fully saturated rings. The predicted octanol–water partition coefficient (Wildman–Crippen LogP) is 2.51. The van der Waals surface area contributed by atoms with Gasteiger partial charge in [0.05, 0.1) is 0 Å². The second-order valence-electron chi connectivity index (χ2n) is 3.30. The maximum absolute atomic E-state index is 12.9. The number of hydrogen-bond donors (Lipinski definition) is 1. The Labute approximate surface area is 81.8 Å². The standard InChI is InChI=1S/C12H11FO/c13-12-4-3-10-2-1-9(5-6-14)7-11(10)8-12/h1-4,7-8,14H,5-6H2. The first kappa shape index (κ1) is 9.16. The molecule has 0 radical (unpaired) electrons. The molecular formula is C12H11FO. The number of aliphatic hydroxyl groups is 1. The molecule has 0 atom stereocenters. The van der Waals surface area contributed by atoms with Gasteiger partial charge in [-0.15, -0.1) is 0 Å². The van der Waals surface area contributed by atoms with E-state index in [0.717, 1.165) is 16.3 Å². The maximum Gasteiger partial charge on any atom is 0.123 e. The van der Waals surface area contributed by atoms with Crippen LogP contribution >= 0.6 is 0 Å². The highest BCUT2D eigenvalue weighted by Crippen LogP contribution is 2.17. The molecule has 1 nitrogen and oxygen atoms in total. The molecule has 72 valence electrons. The van der Waals surface area contributed by atoms with Crippen LogP contribution in [0.1, 0.15) is 5.56 Å². The highest BCUT2D eigenvalue weighted by molar-refractivity contribution is 5.83. The van der Waals surface area contributed by atoms with Crippen molar-refractivity contribution in [2.24, 2.45) is 0 Å². The van der Waals surface area contributed by atoms with Crippen LogP contribution in [0.5, 0.6) is 0 Å². The predicted molar refractivity (Wildman–Crippen MR) is 54.7 cm³/mol. The molecule has 0 amide bonds. The van der Waals surface area contributed by atoms with Crippen molar-refractivity contribution in [3.05, 3.63) is 47.8 Å². The van der Waals surface area contributed by atoms with Crippen LogP contribution in [0, 0.1) is 5.82 Å². The lowest BCUT2D eigenvalue weighted by Gasteiger charge is -2.01. The minimum Gasteiger partial charge on any atom is -0.396 e. The fourth-order valence-electron chi connectivity index (χ4n) is 1.55. The number of fused-ring (bicyclic) bond motifs is 1. The van der Waals surface area contributed by atoms with Crippen molar-refractivity contribution < 1.29 is 9.50 Å². The summed E-state index contributed by atoms with van der Waals surface area (Å²) in [5.41, 5.74) is 1.03. The van der Waals surface area contributed by atoms with Gasteiger partial charge in [-0.2, -0.15) is 0 Å². The van der Waals surface area contributed by atoms with Gasteiger partial charge in [0.1, 0.15) is 5.82 Å². The van der Waals surface area contributed by atoms with Crippen LogP contribution in [0.2, 0.25) is 0 Å². The first-order valence-electron chi connectivity index (χ1n) is 4.58. The van der Waals surface area contributed by atoms with E-state index in [-0.39, 0.29) is 12.4 Å². The zero-order valence-electron chi connectivity index (χ0n) is 7.70. The van der Waals surface area contributed by atoms with Crippen LogP contribution in [0.3, 0.4) is 0 Å². The van der Waals surface area contributed by atoms with Gasteiger partial charge >= 0.3 is 0 Å². The van der Waals surface area contributed by atoms with E-state index in [9.17, 15) is 4.39 Å². The van der Waals surface area contributed by atoms with Crippen molar-refractivity contribution in [3.63, 3.8) is 0 Å². The zero-order valence-corrected chi connectivity index (χ0v) is 7.70. The highest BCUT2D eigenvalue weighted by atomic mass is 19.1. The molecule has 2 rings (SSSR count). The third-order valence-electron chi connectivity index (χ3n) is 2.27. The Morgan fingerprint density at radius 2 is 1.79 bits per heavy atom. The molecule has 0 saturated carbocycles. The summed E-state index contributed by atoms with van der Waals surface area (Å²) in [6.45, 7) is 0.126. The van der Waals surface area contributed by atoms with Gasteiger partial charge in [-0.05, 0) is 34.9 Å². The second-order valence-corrected chi connectivity index (χ2v) is 3.30. The van der Waals surface area contributed by atoms with Gasteiger partial charge in [-0.1, -0.05) is 24.3 Å². The minimum absolute atomic E-state index is 0.126. The molecule has 0 heterocycles. The SMILES string of the molecule is OCCc1ccc2ccc(F)cc2c1. The molecule has 2 heteroatoms. The summed E-state index contributed by atoms with van der Waals surface area (Å²) in [6, 6.07) is 10.5. The van der Waals surface area contributed by atoms with Crippen molar-refractivity contribution in [1.82, 2.24) is 0 Å². The first-order valence-corrected chi connectivity index (χ1v) is 4.58. The molecule has 0 spiro atoms. The lowest BCUT2D eigenvalue weighted by atomic mass is 10.1. The summed E-state index contributed by atoms with van der Waals surface area (Å²) in [7, 11) is 0. The average molecular weight is 190 g/mol. The Hall–Kier alpha value is -1.41. The van der Waals surface area contributed by atoms with E-state index in [1.807, 2.05) is 18.2 Å². The van der Waals surface area contributed by atoms with Gasteiger partial charge in [0.25, 0.3) is 0 Å². The Morgan fingerprint density at radius 1 is 1.00 bits per heavy atom. The Morgan fingerprint density at radius 3 is 2.57 bits per heavy atom. The summed E-state index contributed by atoms with van der Waals surface area (Å²) in [4.78, 5) is 0. The van der Waals surface area contributed by atoms with Crippen LogP contribution in [-0.2, 0) is 6.42 Å². The van der Waals surface area contributed by atoms with Crippen molar-refractivity contribution in [2.75, 3.05) is 6.61 Å². The van der Waals surface area contributed by atoms with Gasteiger partial charge in [-0.3, -0.25) is 0 Å². The fourth-order valence-corrected chi connectivity index (χ4v) is 1.55. The van der Waals surface area contributed by atoms with Gasteiger partial charge in [-0.25, -0.2) is 4.39 Å². The van der Waals surface area contributed by atoms with Gasteiger partial charge < -0.3 is 5.11 Å². The quantitative estimate of drug-likeness (QED) is 0.771. The van der Waals surface area contributed by atoms with Crippen LogP contribution in [0.4, 0.5) is 4.39 Å². The lowest BCUT2D eigenvalue weighted by Crippen LogP contribution is -1.90. The average Bonchev–Trinajstić information content (AvgIpc) is 2.17. The van der Waals surface area contributed by atoms with E-state index in [1.54, 1.807) is 6.07 Å². The van der Waals surface area contributed by atoms with E-state index < -0.39 is 0 Å². The summed E-state index contributed by atoms with van der Waals surface area (Å²) in [5.74, 6) is -0.223. The normalized spacial score (nSPS) is 10.7. The maximum atomic E-state index is 12.9. The molecule has 0 aliphatic carbocycles. The van der Waals surface area contributed by atoms with E-state index in [0.29, 0.717) is 6.42 Å². The minimum atomic E-state index is -0.223. The summed E-state index contributed by atoms with van der Waals surface area (Å²) in [6.07, 6.45) is 0.618. The van der Waals surface area contributed by atoms with Crippen LogP contribution in [0.15, 0.2) is 36.4 Å². The molecule has 0 bridgehead atoms. The molecule has 0 saturated heterocycles. The van der Waals surface area contributed by atoms with E-state index >= 15 is 0 Å². The summed E-state index contributed by atoms with van der Waals surface area (Å²) in [5, 5.41) is 10.7. The van der Waals surface area contributed by atoms with Gasteiger partial charge in [0.2, 0.25) is 0 Å². The Balaban J connectivity index is 2.52. The molecular weight excluding hydrogens is 179 g/mol. The van der Waals surface area contributed by atoms with Crippen molar-refractivity contribution in [2.45, 2.75) is 6.42 Å².